The fourth-order valence-electron chi connectivity index (χ4n) is 3.10. The van der Waals surface area contributed by atoms with Crippen molar-refractivity contribution in [3.8, 4) is 0 Å². The summed E-state index contributed by atoms with van der Waals surface area (Å²) in [5.41, 5.74) is 0.423. The molecule has 1 saturated heterocycles. The van der Waals surface area contributed by atoms with Gasteiger partial charge in [-0.05, 0) is 33.0 Å². The molecule has 0 aromatic heterocycles. The van der Waals surface area contributed by atoms with Crippen LogP contribution in [0.2, 0.25) is 0 Å². The Labute approximate surface area is 158 Å². The lowest BCUT2D eigenvalue weighted by molar-refractivity contribution is -0.136. The molecule has 1 fully saturated rings. The van der Waals surface area contributed by atoms with Gasteiger partial charge in [-0.3, -0.25) is 9.59 Å². The zero-order valence-corrected chi connectivity index (χ0v) is 15.8. The largest absolute Gasteiger partial charge is 0.394 e. The van der Waals surface area contributed by atoms with E-state index in [4.69, 9.17) is 4.74 Å². The average Bonchev–Trinajstić information content (AvgIpc) is 2.61. The maximum atomic E-state index is 13.6. The van der Waals surface area contributed by atoms with Crippen LogP contribution in [-0.4, -0.2) is 67.3 Å². The van der Waals surface area contributed by atoms with E-state index in [0.717, 1.165) is 0 Å². The number of carbonyl (C=O) groups is 2. The molecule has 1 aliphatic heterocycles. The number of halogens is 1. The Morgan fingerprint density at radius 1 is 1.26 bits per heavy atom. The maximum absolute atomic E-state index is 13.6. The predicted octanol–water partition coefficient (Wildman–Crippen LogP) is 0.418. The molecular weight excluding hydrogens is 353 g/mol. The van der Waals surface area contributed by atoms with E-state index in [1.54, 1.807) is 37.2 Å². The van der Waals surface area contributed by atoms with Gasteiger partial charge in [0.25, 0.3) is 0 Å². The molecule has 1 aliphatic rings. The molecule has 0 unspecified atom stereocenters. The molecule has 150 valence electrons. The highest BCUT2D eigenvalue weighted by molar-refractivity contribution is 5.78. The van der Waals surface area contributed by atoms with E-state index in [2.05, 4.69) is 10.6 Å². The van der Waals surface area contributed by atoms with Crippen LogP contribution in [0.3, 0.4) is 0 Å². The highest BCUT2D eigenvalue weighted by Crippen LogP contribution is 2.22. The molecule has 3 atom stereocenters. The average molecular weight is 381 g/mol. The van der Waals surface area contributed by atoms with Gasteiger partial charge in [0.1, 0.15) is 11.9 Å². The number of aliphatic hydroxyl groups is 1. The zero-order chi connectivity index (χ0) is 19.8. The monoisotopic (exact) mass is 381 g/mol. The lowest BCUT2D eigenvalue weighted by Crippen LogP contribution is -2.52. The third kappa shape index (κ3) is 6.89. The van der Waals surface area contributed by atoms with Gasteiger partial charge in [0.2, 0.25) is 11.8 Å². The molecule has 1 aromatic carbocycles. The van der Waals surface area contributed by atoms with Gasteiger partial charge in [-0.1, -0.05) is 18.2 Å². The molecule has 0 radical (unpaired) electrons. The summed E-state index contributed by atoms with van der Waals surface area (Å²) in [6.45, 7) is 0.141. The second kappa shape index (κ2) is 10.3. The van der Waals surface area contributed by atoms with Gasteiger partial charge in [0, 0.05) is 12.1 Å². The Hall–Kier alpha value is -2.03. The van der Waals surface area contributed by atoms with Crippen LogP contribution < -0.4 is 10.6 Å². The summed E-state index contributed by atoms with van der Waals surface area (Å²) in [7, 11) is 3.60. The van der Waals surface area contributed by atoms with Crippen molar-refractivity contribution in [3.63, 3.8) is 0 Å². The van der Waals surface area contributed by atoms with Gasteiger partial charge >= 0.3 is 0 Å². The van der Waals surface area contributed by atoms with Gasteiger partial charge in [-0.25, -0.2) is 4.39 Å². The van der Waals surface area contributed by atoms with E-state index < -0.39 is 6.10 Å². The number of likely N-dealkylation sites (N-methyl/N-ethyl adjacent to an activating group) is 1. The number of aliphatic hydroxyl groups excluding tert-OH is 1. The Morgan fingerprint density at radius 2 is 2.00 bits per heavy atom. The Kier molecular flexibility index (Phi) is 8.15. The standard InChI is InChI=1S/C19H28FN3O4/c1-23(2)11-19(26)22-16-8-7-14(27-17(16)12-24)9-18(25)21-10-13-5-3-4-6-15(13)20/h3-6,14,16-17,24H,7-12H2,1-2H3,(H,21,25)(H,22,26)/t14-,16-,17+/m0/s1. The van der Waals surface area contributed by atoms with Crippen molar-refractivity contribution in [1.29, 1.82) is 0 Å². The van der Waals surface area contributed by atoms with Gasteiger partial charge in [-0.2, -0.15) is 0 Å². The molecule has 1 aromatic rings. The molecule has 2 amide bonds. The van der Waals surface area contributed by atoms with E-state index in [0.29, 0.717) is 18.4 Å². The van der Waals surface area contributed by atoms with Crippen molar-refractivity contribution in [3.05, 3.63) is 35.6 Å². The van der Waals surface area contributed by atoms with Gasteiger partial charge in [-0.15, -0.1) is 0 Å². The molecule has 8 heteroatoms. The topological polar surface area (TPSA) is 90.9 Å². The molecular formula is C19H28FN3O4. The second-order valence-electron chi connectivity index (χ2n) is 7.04. The molecule has 7 nitrogen and oxygen atoms in total. The number of hydrogen-bond acceptors (Lipinski definition) is 5. The molecule has 0 spiro atoms. The molecule has 1 heterocycles. The highest BCUT2D eigenvalue weighted by Gasteiger charge is 2.32. The smallest absolute Gasteiger partial charge is 0.234 e. The highest BCUT2D eigenvalue weighted by atomic mass is 19.1. The first-order valence-corrected chi connectivity index (χ1v) is 9.09. The summed E-state index contributed by atoms with van der Waals surface area (Å²) in [6.07, 6.45) is 0.453. The SMILES string of the molecule is CN(C)CC(=O)N[C@H]1CC[C@@H](CC(=O)NCc2ccccc2F)O[C@@H]1CO. The Bertz CT molecular complexity index is 641. The first kappa shape index (κ1) is 21.3. The lowest BCUT2D eigenvalue weighted by Gasteiger charge is -2.36. The van der Waals surface area contributed by atoms with Crippen LogP contribution in [0.25, 0.3) is 0 Å². The van der Waals surface area contributed by atoms with Crippen LogP contribution in [0, 0.1) is 5.82 Å². The van der Waals surface area contributed by atoms with Crippen molar-refractivity contribution in [2.24, 2.45) is 0 Å². The van der Waals surface area contributed by atoms with E-state index in [1.165, 1.54) is 6.07 Å². The number of benzene rings is 1. The number of rotatable bonds is 8. The van der Waals surface area contributed by atoms with Crippen molar-refractivity contribution in [1.82, 2.24) is 15.5 Å². The van der Waals surface area contributed by atoms with Gasteiger partial charge < -0.3 is 25.4 Å². The summed E-state index contributed by atoms with van der Waals surface area (Å²) in [4.78, 5) is 25.8. The van der Waals surface area contributed by atoms with Crippen molar-refractivity contribution in [2.75, 3.05) is 27.2 Å². The summed E-state index contributed by atoms with van der Waals surface area (Å²) < 4.78 is 19.4. The zero-order valence-electron chi connectivity index (χ0n) is 15.8. The van der Waals surface area contributed by atoms with Crippen molar-refractivity contribution >= 4 is 11.8 Å². The van der Waals surface area contributed by atoms with Crippen molar-refractivity contribution in [2.45, 2.75) is 44.1 Å². The molecule has 3 N–H and O–H groups in total. The first-order valence-electron chi connectivity index (χ1n) is 9.09. The maximum Gasteiger partial charge on any atom is 0.234 e. The molecule has 0 aliphatic carbocycles. The summed E-state index contributed by atoms with van der Waals surface area (Å²) in [5.74, 6) is -0.730. The summed E-state index contributed by atoms with van der Waals surface area (Å²) >= 11 is 0. The van der Waals surface area contributed by atoms with Crippen LogP contribution in [0.1, 0.15) is 24.8 Å². The van der Waals surface area contributed by atoms with Crippen LogP contribution in [0.4, 0.5) is 4.39 Å². The number of ether oxygens (including phenoxy) is 1. The normalized spacial score (nSPS) is 22.5. The Balaban J connectivity index is 1.79. The van der Waals surface area contributed by atoms with Crippen LogP contribution >= 0.6 is 0 Å². The van der Waals surface area contributed by atoms with Crippen LogP contribution in [0.5, 0.6) is 0 Å². The van der Waals surface area contributed by atoms with E-state index >= 15 is 0 Å². The third-order valence-electron chi connectivity index (χ3n) is 4.45. The number of hydrogen-bond donors (Lipinski definition) is 3. The summed E-state index contributed by atoms with van der Waals surface area (Å²) in [5, 5.41) is 15.1. The molecule has 0 bridgehead atoms. The minimum Gasteiger partial charge on any atom is -0.394 e. The second-order valence-corrected chi connectivity index (χ2v) is 7.04. The molecule has 27 heavy (non-hydrogen) atoms. The van der Waals surface area contributed by atoms with Crippen molar-refractivity contribution < 1.29 is 23.8 Å². The lowest BCUT2D eigenvalue weighted by atomic mass is 9.97. The quantitative estimate of drug-likeness (QED) is 0.607. The fourth-order valence-corrected chi connectivity index (χ4v) is 3.10. The minimum absolute atomic E-state index is 0.116. The molecule has 2 rings (SSSR count). The van der Waals surface area contributed by atoms with E-state index in [-0.39, 0.29) is 55.9 Å². The van der Waals surface area contributed by atoms with Gasteiger partial charge in [0.15, 0.2) is 0 Å². The third-order valence-corrected chi connectivity index (χ3v) is 4.45. The predicted molar refractivity (Wildman–Crippen MR) is 98.3 cm³/mol. The van der Waals surface area contributed by atoms with E-state index in [9.17, 15) is 19.1 Å². The van der Waals surface area contributed by atoms with E-state index in [1.807, 2.05) is 0 Å². The minimum atomic E-state index is -0.547. The fraction of sp³-hybridized carbons (Fsp3) is 0.579. The van der Waals surface area contributed by atoms with Crippen LogP contribution in [-0.2, 0) is 20.9 Å². The number of nitrogens with one attached hydrogen (secondary N) is 2. The first-order chi connectivity index (χ1) is 12.9. The van der Waals surface area contributed by atoms with Crippen LogP contribution in [0.15, 0.2) is 24.3 Å². The summed E-state index contributed by atoms with van der Waals surface area (Å²) in [6, 6.07) is 6.00. The number of carbonyl (C=O) groups excluding carboxylic acids is 2. The number of amides is 2. The Morgan fingerprint density at radius 3 is 2.67 bits per heavy atom. The van der Waals surface area contributed by atoms with Gasteiger partial charge in [0.05, 0.1) is 31.7 Å². The molecule has 0 saturated carbocycles. The number of nitrogens with zero attached hydrogens (tertiary/aromatic N) is 1.